The molecular formula is C14H13BrClLiMg. The first-order valence-electron chi connectivity index (χ1n) is 4.81. The maximum absolute atomic E-state index is 3.24. The summed E-state index contributed by atoms with van der Waals surface area (Å²) in [4.78, 5) is 0. The molecule has 0 heterocycles. The third kappa shape index (κ3) is 6.66. The number of hydrogen-bond acceptors (Lipinski definition) is 0. The van der Waals surface area contributed by atoms with Gasteiger partial charge in [-0.3, -0.25) is 0 Å². The molecule has 0 nitrogen and oxygen atoms in total. The summed E-state index contributed by atoms with van der Waals surface area (Å²) in [6.07, 6.45) is 0. The molecular weight excluding hydrogens is 315 g/mol. The van der Waals surface area contributed by atoms with Gasteiger partial charge in [-0.05, 0) is 13.8 Å². The van der Waals surface area contributed by atoms with Crippen LogP contribution in [0.15, 0.2) is 42.5 Å². The molecule has 86 valence electrons. The Kier molecular flexibility index (Phi) is 15.0. The molecule has 2 aromatic carbocycles. The minimum atomic E-state index is 0. The van der Waals surface area contributed by atoms with Gasteiger partial charge in [-0.15, -0.1) is 35.9 Å². The average molecular weight is 328 g/mol. The Labute approximate surface area is 154 Å². The molecule has 2 aromatic rings. The third-order valence-corrected chi connectivity index (χ3v) is 2.24. The predicted molar refractivity (Wildman–Crippen MR) is 65.9 cm³/mol. The van der Waals surface area contributed by atoms with Crippen molar-refractivity contribution >= 4 is 23.1 Å². The molecule has 0 bridgehead atoms. The zero-order valence-electron chi connectivity index (χ0n) is 11.0. The van der Waals surface area contributed by atoms with Gasteiger partial charge in [0.15, 0.2) is 0 Å². The van der Waals surface area contributed by atoms with Crippen LogP contribution >= 0.6 is 0 Å². The van der Waals surface area contributed by atoms with E-state index in [1.54, 1.807) is 0 Å². The molecule has 0 spiro atoms. The van der Waals surface area contributed by atoms with Crippen LogP contribution in [0.5, 0.6) is 0 Å². The second-order valence-electron chi connectivity index (χ2n) is 3.65. The SMILES string of the molecule is Cc1cc(C)cc(-c2[c-]cccc2)c1.[Br-].[Cl-].[Li+].[Mg+2]. The molecule has 0 aromatic heterocycles. The van der Waals surface area contributed by atoms with E-state index in [0.717, 1.165) is 0 Å². The first kappa shape index (κ1) is 23.7. The van der Waals surface area contributed by atoms with E-state index in [1.807, 2.05) is 18.2 Å². The summed E-state index contributed by atoms with van der Waals surface area (Å²) in [5, 5.41) is 0. The molecule has 0 amide bonds. The van der Waals surface area contributed by atoms with Crippen LogP contribution in [0.3, 0.4) is 0 Å². The smallest absolute Gasteiger partial charge is 1.00 e. The fraction of sp³-hybridized carbons (Fsp3) is 0.143. The van der Waals surface area contributed by atoms with Gasteiger partial charge in [0.25, 0.3) is 0 Å². The van der Waals surface area contributed by atoms with Crippen LogP contribution in [0, 0.1) is 19.9 Å². The number of hydrogen-bond donors (Lipinski definition) is 0. The van der Waals surface area contributed by atoms with Crippen molar-refractivity contribution in [3.8, 4) is 11.1 Å². The standard InChI is InChI=1S/C14H13.BrH.ClH.Li.Mg/c1-11-8-12(2)10-14(9-11)13-6-4-3-5-7-13;;;;/h3-6,8-10H,1-2H3;2*1H;;/q-1;;;+1;+2/p-2. The van der Waals surface area contributed by atoms with E-state index in [-0.39, 0.29) is 71.3 Å². The zero-order chi connectivity index (χ0) is 9.97. The van der Waals surface area contributed by atoms with Gasteiger partial charge in [-0.25, -0.2) is 0 Å². The van der Waals surface area contributed by atoms with Crippen LogP contribution in [0.1, 0.15) is 11.1 Å². The molecule has 0 atom stereocenters. The summed E-state index contributed by atoms with van der Waals surface area (Å²) in [6, 6.07) is 17.9. The van der Waals surface area contributed by atoms with Gasteiger partial charge >= 0.3 is 41.9 Å². The summed E-state index contributed by atoms with van der Waals surface area (Å²) in [5.74, 6) is 0. The summed E-state index contributed by atoms with van der Waals surface area (Å²) >= 11 is 0. The van der Waals surface area contributed by atoms with Crippen LogP contribution in [0.25, 0.3) is 11.1 Å². The number of halogens is 2. The quantitative estimate of drug-likeness (QED) is 0.362. The van der Waals surface area contributed by atoms with Gasteiger partial charge < -0.3 is 29.4 Å². The van der Waals surface area contributed by atoms with Crippen molar-refractivity contribution in [1.29, 1.82) is 0 Å². The van der Waals surface area contributed by atoms with E-state index < -0.39 is 0 Å². The minimum Gasteiger partial charge on any atom is -1.00 e. The van der Waals surface area contributed by atoms with Crippen LogP contribution in [0.4, 0.5) is 0 Å². The summed E-state index contributed by atoms with van der Waals surface area (Å²) in [5.41, 5.74) is 5.02. The van der Waals surface area contributed by atoms with Crippen molar-refractivity contribution < 1.29 is 48.2 Å². The van der Waals surface area contributed by atoms with Crippen LogP contribution in [-0.2, 0) is 0 Å². The minimum absolute atomic E-state index is 0. The van der Waals surface area contributed by atoms with Crippen LogP contribution in [-0.4, -0.2) is 23.1 Å². The Hall–Kier alpha value is 0.574. The Bertz CT molecular complexity index is 429. The van der Waals surface area contributed by atoms with Crippen molar-refractivity contribution in [2.75, 3.05) is 0 Å². The second kappa shape index (κ2) is 11.4. The summed E-state index contributed by atoms with van der Waals surface area (Å²) < 4.78 is 0. The maximum atomic E-state index is 3.24. The molecule has 0 saturated carbocycles. The van der Waals surface area contributed by atoms with Crippen molar-refractivity contribution in [1.82, 2.24) is 0 Å². The molecule has 4 heteroatoms. The second-order valence-corrected chi connectivity index (χ2v) is 3.65. The molecule has 0 aliphatic carbocycles. The average Bonchev–Trinajstić information content (AvgIpc) is 2.18. The zero-order valence-corrected chi connectivity index (χ0v) is 14.8. The predicted octanol–water partition coefficient (Wildman–Crippen LogP) is -5.60. The number of aryl methyl sites for hydroxylation is 2. The molecule has 0 saturated heterocycles. The molecule has 18 heavy (non-hydrogen) atoms. The Morgan fingerprint density at radius 2 is 1.50 bits per heavy atom. The molecule has 2 rings (SSSR count). The van der Waals surface area contributed by atoms with E-state index in [4.69, 9.17) is 0 Å². The van der Waals surface area contributed by atoms with Gasteiger partial charge in [0.1, 0.15) is 0 Å². The molecule has 0 aliphatic heterocycles. The third-order valence-electron chi connectivity index (χ3n) is 2.24. The van der Waals surface area contributed by atoms with Crippen molar-refractivity contribution in [3.63, 3.8) is 0 Å². The van der Waals surface area contributed by atoms with Crippen molar-refractivity contribution in [3.05, 3.63) is 59.7 Å². The molecule has 0 N–H and O–H groups in total. The van der Waals surface area contributed by atoms with E-state index >= 15 is 0 Å². The molecule has 0 aliphatic rings. The molecule has 0 unspecified atom stereocenters. The summed E-state index contributed by atoms with van der Waals surface area (Å²) in [7, 11) is 0. The van der Waals surface area contributed by atoms with E-state index in [0.29, 0.717) is 0 Å². The van der Waals surface area contributed by atoms with Gasteiger partial charge in [-0.1, -0.05) is 34.9 Å². The number of rotatable bonds is 1. The van der Waals surface area contributed by atoms with E-state index in [1.165, 1.54) is 22.3 Å². The summed E-state index contributed by atoms with van der Waals surface area (Å²) in [6.45, 7) is 4.25. The van der Waals surface area contributed by atoms with Gasteiger partial charge in [0.2, 0.25) is 0 Å². The van der Waals surface area contributed by atoms with Crippen LogP contribution in [0.2, 0.25) is 0 Å². The Morgan fingerprint density at radius 1 is 0.944 bits per heavy atom. The van der Waals surface area contributed by atoms with Crippen molar-refractivity contribution in [2.24, 2.45) is 0 Å². The van der Waals surface area contributed by atoms with Crippen molar-refractivity contribution in [2.45, 2.75) is 13.8 Å². The Balaban J connectivity index is -0.000000562. The largest absolute Gasteiger partial charge is 2.00 e. The fourth-order valence-electron chi connectivity index (χ4n) is 1.70. The van der Waals surface area contributed by atoms with Gasteiger partial charge in [0.05, 0.1) is 0 Å². The van der Waals surface area contributed by atoms with Gasteiger partial charge in [0, 0.05) is 0 Å². The first-order valence-corrected chi connectivity index (χ1v) is 4.81. The topological polar surface area (TPSA) is 0 Å². The first-order chi connectivity index (χ1) is 6.75. The molecule has 0 radical (unpaired) electrons. The normalized spacial score (nSPS) is 7.89. The number of benzene rings is 2. The molecule has 0 fully saturated rings. The van der Waals surface area contributed by atoms with E-state index in [2.05, 4.69) is 44.2 Å². The monoisotopic (exact) mass is 326 g/mol. The fourth-order valence-corrected chi connectivity index (χ4v) is 1.70. The van der Waals surface area contributed by atoms with E-state index in [9.17, 15) is 0 Å². The maximum Gasteiger partial charge on any atom is 2.00 e. The Morgan fingerprint density at radius 3 is 1.94 bits per heavy atom. The van der Waals surface area contributed by atoms with Crippen LogP contribution < -0.4 is 48.2 Å². The van der Waals surface area contributed by atoms with Gasteiger partial charge in [-0.2, -0.15) is 0 Å².